The first-order valence-electron chi connectivity index (χ1n) is 7.16. The van der Waals surface area contributed by atoms with E-state index < -0.39 is 0 Å². The van der Waals surface area contributed by atoms with Crippen molar-refractivity contribution in [2.45, 2.75) is 6.10 Å². The van der Waals surface area contributed by atoms with Crippen molar-refractivity contribution >= 4 is 5.95 Å². The fraction of sp³-hybridized carbons (Fsp3) is 0.429. The summed E-state index contributed by atoms with van der Waals surface area (Å²) in [6.07, 6.45) is -0.246. The maximum Gasteiger partial charge on any atom is 0.244 e. The predicted octanol–water partition coefficient (Wildman–Crippen LogP) is 0.727. The lowest BCUT2D eigenvalue weighted by atomic mass is 10.2. The molecule has 2 aliphatic heterocycles. The SMILES string of the molecule is c1ccc2c(c1)OCC(c1nc(N3CCNCC3)n[nH]1)O2. The van der Waals surface area contributed by atoms with E-state index in [1.807, 2.05) is 24.3 Å². The number of aromatic amines is 1. The summed E-state index contributed by atoms with van der Waals surface area (Å²) < 4.78 is 11.6. The highest BCUT2D eigenvalue weighted by Gasteiger charge is 2.26. The van der Waals surface area contributed by atoms with E-state index in [0.717, 1.165) is 43.6 Å². The van der Waals surface area contributed by atoms with Crippen LogP contribution in [0.15, 0.2) is 24.3 Å². The van der Waals surface area contributed by atoms with Gasteiger partial charge in [-0.2, -0.15) is 4.98 Å². The van der Waals surface area contributed by atoms with E-state index in [1.54, 1.807) is 0 Å². The van der Waals surface area contributed by atoms with Crippen LogP contribution in [0.4, 0.5) is 5.95 Å². The molecule has 2 aromatic rings. The molecule has 3 heterocycles. The topological polar surface area (TPSA) is 75.3 Å². The molecule has 7 nitrogen and oxygen atoms in total. The van der Waals surface area contributed by atoms with Gasteiger partial charge in [0.05, 0.1) is 0 Å². The summed E-state index contributed by atoms with van der Waals surface area (Å²) in [4.78, 5) is 6.72. The smallest absolute Gasteiger partial charge is 0.244 e. The van der Waals surface area contributed by atoms with Gasteiger partial charge >= 0.3 is 0 Å². The van der Waals surface area contributed by atoms with Crippen molar-refractivity contribution in [3.05, 3.63) is 30.1 Å². The van der Waals surface area contributed by atoms with E-state index >= 15 is 0 Å². The average molecular weight is 287 g/mol. The van der Waals surface area contributed by atoms with Gasteiger partial charge in [-0.3, -0.25) is 5.10 Å². The lowest BCUT2D eigenvalue weighted by molar-refractivity contribution is 0.0853. The minimum atomic E-state index is -0.246. The molecular formula is C14H17N5O2. The molecule has 1 aromatic carbocycles. The molecule has 7 heteroatoms. The summed E-state index contributed by atoms with van der Waals surface area (Å²) in [5.41, 5.74) is 0. The maximum absolute atomic E-state index is 5.93. The Kier molecular flexibility index (Phi) is 3.11. The summed E-state index contributed by atoms with van der Waals surface area (Å²) in [6.45, 7) is 4.19. The molecule has 2 aliphatic rings. The molecule has 1 atom stereocenters. The molecule has 1 saturated heterocycles. The second-order valence-corrected chi connectivity index (χ2v) is 5.12. The number of nitrogens with zero attached hydrogens (tertiary/aromatic N) is 3. The molecular weight excluding hydrogens is 270 g/mol. The second-order valence-electron chi connectivity index (χ2n) is 5.12. The molecule has 0 saturated carbocycles. The van der Waals surface area contributed by atoms with Gasteiger partial charge in [0, 0.05) is 26.2 Å². The van der Waals surface area contributed by atoms with Crippen LogP contribution in [-0.2, 0) is 0 Å². The van der Waals surface area contributed by atoms with Gasteiger partial charge in [-0.25, -0.2) is 0 Å². The van der Waals surface area contributed by atoms with Crippen LogP contribution < -0.4 is 19.7 Å². The number of ether oxygens (including phenoxy) is 2. The number of benzene rings is 1. The molecule has 110 valence electrons. The Hall–Kier alpha value is -2.28. The molecule has 0 bridgehead atoms. The maximum atomic E-state index is 5.93. The van der Waals surface area contributed by atoms with Crippen LogP contribution in [0, 0.1) is 0 Å². The molecule has 1 fully saturated rings. The number of fused-ring (bicyclic) bond motifs is 1. The summed E-state index contributed by atoms with van der Waals surface area (Å²) in [5.74, 6) is 2.96. The number of H-pyrrole nitrogens is 1. The van der Waals surface area contributed by atoms with E-state index in [2.05, 4.69) is 25.4 Å². The largest absolute Gasteiger partial charge is 0.485 e. The third-order valence-corrected chi connectivity index (χ3v) is 3.70. The average Bonchev–Trinajstić information content (AvgIpc) is 3.05. The minimum absolute atomic E-state index is 0.246. The number of para-hydroxylation sites is 2. The third-order valence-electron chi connectivity index (χ3n) is 3.70. The lowest BCUT2D eigenvalue weighted by Gasteiger charge is -2.26. The zero-order chi connectivity index (χ0) is 14.1. The van der Waals surface area contributed by atoms with E-state index in [4.69, 9.17) is 9.47 Å². The van der Waals surface area contributed by atoms with Crippen molar-refractivity contribution in [2.24, 2.45) is 0 Å². The van der Waals surface area contributed by atoms with Crippen LogP contribution in [0.2, 0.25) is 0 Å². The van der Waals surface area contributed by atoms with Gasteiger partial charge in [-0.15, -0.1) is 5.10 Å². The van der Waals surface area contributed by atoms with Crippen LogP contribution in [-0.4, -0.2) is 48.0 Å². The van der Waals surface area contributed by atoms with Gasteiger partial charge < -0.3 is 19.7 Å². The third kappa shape index (κ3) is 2.40. The predicted molar refractivity (Wildman–Crippen MR) is 76.8 cm³/mol. The number of aromatic nitrogens is 3. The van der Waals surface area contributed by atoms with Crippen LogP contribution in [0.25, 0.3) is 0 Å². The minimum Gasteiger partial charge on any atom is -0.485 e. The van der Waals surface area contributed by atoms with Crippen molar-refractivity contribution in [3.63, 3.8) is 0 Å². The van der Waals surface area contributed by atoms with Gasteiger partial charge in [-0.05, 0) is 12.1 Å². The molecule has 0 radical (unpaired) electrons. The number of nitrogens with one attached hydrogen (secondary N) is 2. The second kappa shape index (κ2) is 5.25. The Morgan fingerprint density at radius 1 is 1.14 bits per heavy atom. The van der Waals surface area contributed by atoms with Crippen molar-refractivity contribution < 1.29 is 9.47 Å². The highest BCUT2D eigenvalue weighted by molar-refractivity contribution is 5.41. The molecule has 4 rings (SSSR count). The van der Waals surface area contributed by atoms with Crippen LogP contribution in [0.3, 0.4) is 0 Å². The van der Waals surface area contributed by atoms with E-state index in [0.29, 0.717) is 12.4 Å². The zero-order valence-corrected chi connectivity index (χ0v) is 11.6. The number of rotatable bonds is 2. The number of hydrogen-bond acceptors (Lipinski definition) is 6. The normalized spacial score (nSPS) is 21.3. The Balaban J connectivity index is 1.51. The monoisotopic (exact) mass is 287 g/mol. The molecule has 0 spiro atoms. The van der Waals surface area contributed by atoms with Gasteiger partial charge in [0.25, 0.3) is 0 Å². The number of hydrogen-bond donors (Lipinski definition) is 2. The van der Waals surface area contributed by atoms with E-state index in [-0.39, 0.29) is 6.10 Å². The lowest BCUT2D eigenvalue weighted by Crippen LogP contribution is -2.44. The molecule has 0 amide bonds. The quantitative estimate of drug-likeness (QED) is 0.848. The van der Waals surface area contributed by atoms with Crippen molar-refractivity contribution in [1.82, 2.24) is 20.5 Å². The van der Waals surface area contributed by atoms with Gasteiger partial charge in [-0.1, -0.05) is 12.1 Å². The molecule has 1 aromatic heterocycles. The Labute approximate surface area is 122 Å². The molecule has 1 unspecified atom stereocenters. The first-order valence-corrected chi connectivity index (χ1v) is 7.16. The van der Waals surface area contributed by atoms with Gasteiger partial charge in [0.15, 0.2) is 23.4 Å². The Morgan fingerprint density at radius 3 is 2.81 bits per heavy atom. The Morgan fingerprint density at radius 2 is 1.95 bits per heavy atom. The van der Waals surface area contributed by atoms with Crippen LogP contribution in [0.1, 0.15) is 11.9 Å². The highest BCUT2D eigenvalue weighted by Crippen LogP contribution is 2.35. The van der Waals surface area contributed by atoms with E-state index in [1.165, 1.54) is 0 Å². The van der Waals surface area contributed by atoms with Crippen molar-refractivity contribution in [2.75, 3.05) is 37.7 Å². The first kappa shape index (κ1) is 12.5. The molecule has 0 aliphatic carbocycles. The first-order chi connectivity index (χ1) is 10.4. The van der Waals surface area contributed by atoms with Crippen LogP contribution in [0.5, 0.6) is 11.5 Å². The summed E-state index contributed by atoms with van der Waals surface area (Å²) in [5, 5.41) is 10.6. The molecule has 2 N–H and O–H groups in total. The van der Waals surface area contributed by atoms with Gasteiger partial charge in [0.1, 0.15) is 6.61 Å². The molecule has 21 heavy (non-hydrogen) atoms. The standard InChI is InChI=1S/C14H17N5O2/c1-2-4-11-10(3-1)20-9-12(21-11)13-16-14(18-17-13)19-7-5-15-6-8-19/h1-4,12,15H,5-9H2,(H,16,17,18). The van der Waals surface area contributed by atoms with Crippen molar-refractivity contribution in [3.8, 4) is 11.5 Å². The fourth-order valence-electron chi connectivity index (χ4n) is 2.57. The number of piperazine rings is 1. The Bertz CT molecular complexity index is 623. The highest BCUT2D eigenvalue weighted by atomic mass is 16.6. The van der Waals surface area contributed by atoms with E-state index in [9.17, 15) is 0 Å². The van der Waals surface area contributed by atoms with Crippen molar-refractivity contribution in [1.29, 1.82) is 0 Å². The fourth-order valence-corrected chi connectivity index (χ4v) is 2.57. The van der Waals surface area contributed by atoms with Gasteiger partial charge in [0.2, 0.25) is 5.95 Å². The summed E-state index contributed by atoms with van der Waals surface area (Å²) >= 11 is 0. The summed E-state index contributed by atoms with van der Waals surface area (Å²) in [7, 11) is 0. The summed E-state index contributed by atoms with van der Waals surface area (Å²) in [6, 6.07) is 7.66. The zero-order valence-electron chi connectivity index (χ0n) is 11.6. The number of anilines is 1. The van der Waals surface area contributed by atoms with Crippen LogP contribution >= 0.6 is 0 Å².